The lowest BCUT2D eigenvalue weighted by Gasteiger charge is -2.45. The Bertz CT molecular complexity index is 1010. The van der Waals surface area contributed by atoms with Crippen molar-refractivity contribution in [3.05, 3.63) is 35.9 Å². The smallest absolute Gasteiger partial charge is 0.366 e. The molecule has 1 fully saturated rings. The van der Waals surface area contributed by atoms with E-state index >= 15 is 0 Å². The number of benzene rings is 1. The van der Waals surface area contributed by atoms with Crippen LogP contribution in [0.5, 0.6) is 0 Å². The van der Waals surface area contributed by atoms with Gasteiger partial charge in [-0.05, 0) is 5.56 Å². The number of rotatable bonds is 11. The largest absolute Gasteiger partial charge is 1.00 e. The molecule has 1 aliphatic rings. The van der Waals surface area contributed by atoms with Gasteiger partial charge >= 0.3 is 29.8 Å². The standard InChI is InChI=1S/C25H33NO12.ClH/c1-14(27)33-13-20(36-16(3)29)22(37-17(4)30)23-21(26)19(35-15(2)28)11-25(38-23,24(31)32-5)34-12-18-9-7-6-8-10-18;/h6-10,19-23H,11-13,26H2,1-5H3;1H/t19-,20+,21+,22+,23+,25+;/m0./s1. The fourth-order valence-corrected chi connectivity index (χ4v) is 4.00. The normalized spacial score (nSPS) is 23.7. The number of halogens is 1. The molecule has 0 spiro atoms. The molecule has 0 aromatic heterocycles. The van der Waals surface area contributed by atoms with Gasteiger partial charge in [-0.3, -0.25) is 19.2 Å². The summed E-state index contributed by atoms with van der Waals surface area (Å²) in [5, 5.41) is 0. The zero-order chi connectivity index (χ0) is 28.5. The molecule has 39 heavy (non-hydrogen) atoms. The molecule has 1 aromatic rings. The van der Waals surface area contributed by atoms with Crippen LogP contribution in [0.1, 0.15) is 39.7 Å². The highest BCUT2D eigenvalue weighted by Gasteiger charge is 2.59. The maximum absolute atomic E-state index is 13.1. The molecule has 3 N–H and O–H groups in total. The Morgan fingerprint density at radius 1 is 0.974 bits per heavy atom. The Kier molecular flexibility index (Phi) is 13.3. The van der Waals surface area contributed by atoms with Crippen molar-refractivity contribution in [1.82, 2.24) is 0 Å². The lowest BCUT2D eigenvalue weighted by atomic mass is 9.88. The Morgan fingerprint density at radius 3 is 2.10 bits per heavy atom. The molecule has 0 aliphatic carbocycles. The zero-order valence-electron chi connectivity index (χ0n) is 22.4. The highest BCUT2D eigenvalue weighted by atomic mass is 35.5. The zero-order valence-corrected chi connectivity index (χ0v) is 23.1. The van der Waals surface area contributed by atoms with Crippen LogP contribution in [0.2, 0.25) is 0 Å². The maximum atomic E-state index is 13.1. The van der Waals surface area contributed by atoms with Crippen molar-refractivity contribution in [1.29, 1.82) is 0 Å². The van der Waals surface area contributed by atoms with Gasteiger partial charge in [0.1, 0.15) is 6.61 Å². The molecule has 218 valence electrons. The van der Waals surface area contributed by atoms with Crippen LogP contribution in [0, 0.1) is 0 Å². The molecule has 13 nitrogen and oxygen atoms in total. The summed E-state index contributed by atoms with van der Waals surface area (Å²) in [4.78, 5) is 60.5. The first kappa shape index (κ1) is 33.8. The minimum Gasteiger partial charge on any atom is -1.00 e. The second-order valence-corrected chi connectivity index (χ2v) is 8.64. The highest BCUT2D eigenvalue weighted by molar-refractivity contribution is 5.78. The van der Waals surface area contributed by atoms with Crippen LogP contribution in [0.25, 0.3) is 0 Å². The van der Waals surface area contributed by atoms with Gasteiger partial charge in [0, 0.05) is 27.7 Å². The Labute approximate surface area is 231 Å². The van der Waals surface area contributed by atoms with Gasteiger partial charge in [-0.25, -0.2) is 4.79 Å². The molecule has 1 saturated heterocycles. The Balaban J connectivity index is 0.00000760. The van der Waals surface area contributed by atoms with Crippen molar-refractivity contribution >= 4 is 29.8 Å². The molecular formula is C25H34ClNO12. The molecule has 1 aromatic carbocycles. The summed E-state index contributed by atoms with van der Waals surface area (Å²) in [5.74, 6) is -6.02. The Morgan fingerprint density at radius 2 is 1.59 bits per heavy atom. The lowest BCUT2D eigenvalue weighted by molar-refractivity contribution is -0.490. The van der Waals surface area contributed by atoms with E-state index in [0.29, 0.717) is 5.56 Å². The molecule has 14 heteroatoms. The van der Waals surface area contributed by atoms with E-state index in [-0.39, 0.29) is 25.4 Å². The third-order valence-electron chi connectivity index (χ3n) is 5.58. The van der Waals surface area contributed by atoms with Crippen LogP contribution in [0.15, 0.2) is 30.3 Å². The summed E-state index contributed by atoms with van der Waals surface area (Å²) in [6.45, 7) is 3.92. The predicted molar refractivity (Wildman–Crippen MR) is 125 cm³/mol. The van der Waals surface area contributed by atoms with Gasteiger partial charge < -0.3 is 51.3 Å². The predicted octanol–water partition coefficient (Wildman–Crippen LogP) is -3.17. The summed E-state index contributed by atoms with van der Waals surface area (Å²) in [5.41, 5.74) is 4.71. The molecule has 1 aliphatic heterocycles. The fourth-order valence-electron chi connectivity index (χ4n) is 4.00. The molecule has 0 unspecified atom stereocenters. The van der Waals surface area contributed by atoms with Crippen molar-refractivity contribution < 1.29 is 75.3 Å². The summed E-state index contributed by atoms with van der Waals surface area (Å²) in [6.07, 6.45) is -5.56. The number of quaternary nitrogens is 1. The second kappa shape index (κ2) is 15.4. The molecule has 0 radical (unpaired) electrons. The van der Waals surface area contributed by atoms with Crippen LogP contribution in [-0.2, 0) is 63.7 Å². The van der Waals surface area contributed by atoms with Crippen LogP contribution in [0.3, 0.4) is 0 Å². The number of esters is 5. The quantitative estimate of drug-likeness (QED) is 0.207. The minimum atomic E-state index is -2.13. The first-order chi connectivity index (χ1) is 17.9. The van der Waals surface area contributed by atoms with Gasteiger partial charge in [-0.2, -0.15) is 0 Å². The average molecular weight is 576 g/mol. The van der Waals surface area contributed by atoms with E-state index in [9.17, 15) is 24.0 Å². The molecule has 0 saturated carbocycles. The first-order valence-electron chi connectivity index (χ1n) is 11.8. The van der Waals surface area contributed by atoms with Crippen molar-refractivity contribution in [2.75, 3.05) is 13.7 Å². The van der Waals surface area contributed by atoms with E-state index < -0.39 is 72.7 Å². The first-order valence-corrected chi connectivity index (χ1v) is 11.8. The number of ether oxygens (including phenoxy) is 7. The fraction of sp³-hybridized carbons (Fsp3) is 0.560. The number of hydrogen-bond acceptors (Lipinski definition) is 12. The van der Waals surface area contributed by atoms with E-state index in [1.165, 1.54) is 6.92 Å². The van der Waals surface area contributed by atoms with Gasteiger partial charge in [0.2, 0.25) is 0 Å². The maximum Gasteiger partial charge on any atom is 0.366 e. The van der Waals surface area contributed by atoms with Gasteiger partial charge in [0.25, 0.3) is 5.79 Å². The van der Waals surface area contributed by atoms with Crippen LogP contribution >= 0.6 is 0 Å². The molecule has 1 heterocycles. The summed E-state index contributed by atoms with van der Waals surface area (Å²) < 4.78 is 38.3. The third kappa shape index (κ3) is 9.77. The molecule has 0 amide bonds. The van der Waals surface area contributed by atoms with E-state index in [1.807, 2.05) is 0 Å². The number of carbonyl (C=O) groups is 5. The van der Waals surface area contributed by atoms with Crippen LogP contribution < -0.4 is 18.1 Å². The van der Waals surface area contributed by atoms with E-state index in [1.54, 1.807) is 30.3 Å². The summed E-state index contributed by atoms with van der Waals surface area (Å²) in [7, 11) is 1.12. The van der Waals surface area contributed by atoms with Crippen LogP contribution in [0.4, 0.5) is 0 Å². The monoisotopic (exact) mass is 575 g/mol. The van der Waals surface area contributed by atoms with Gasteiger partial charge in [0.05, 0.1) is 20.1 Å². The second-order valence-electron chi connectivity index (χ2n) is 8.64. The van der Waals surface area contributed by atoms with Crippen LogP contribution in [-0.4, -0.2) is 79.8 Å². The van der Waals surface area contributed by atoms with Crippen molar-refractivity contribution in [3.63, 3.8) is 0 Å². The summed E-state index contributed by atoms with van der Waals surface area (Å²) in [6, 6.07) is 7.91. The lowest BCUT2D eigenvalue weighted by Crippen LogP contribution is -3.00. The summed E-state index contributed by atoms with van der Waals surface area (Å²) >= 11 is 0. The molecular weight excluding hydrogens is 542 g/mol. The van der Waals surface area contributed by atoms with Gasteiger partial charge in [-0.1, -0.05) is 30.3 Å². The van der Waals surface area contributed by atoms with Crippen molar-refractivity contribution in [3.8, 4) is 0 Å². The minimum absolute atomic E-state index is 0. The number of hydrogen-bond donors (Lipinski definition) is 1. The topological polar surface area (TPSA) is 178 Å². The third-order valence-corrected chi connectivity index (χ3v) is 5.58. The van der Waals surface area contributed by atoms with Crippen molar-refractivity contribution in [2.45, 2.75) is 77.0 Å². The Hall–Kier alpha value is -3.26. The molecule has 2 rings (SSSR count). The van der Waals surface area contributed by atoms with Gasteiger partial charge in [-0.15, -0.1) is 0 Å². The highest BCUT2D eigenvalue weighted by Crippen LogP contribution is 2.36. The molecule has 6 atom stereocenters. The SMILES string of the molecule is COC(=O)[C@@]1(OCc2ccccc2)C[C@H](OC(C)=O)[C@@H]([NH3+])[C@H]([C@H](OC(C)=O)[C@@H](COC(C)=O)OC(C)=O)O1.[Cl-]. The van der Waals surface area contributed by atoms with Gasteiger partial charge in [0.15, 0.2) is 30.5 Å². The van der Waals surface area contributed by atoms with E-state index in [4.69, 9.17) is 33.2 Å². The molecule has 0 bridgehead atoms. The average Bonchev–Trinajstić information content (AvgIpc) is 2.85. The van der Waals surface area contributed by atoms with E-state index in [0.717, 1.165) is 27.9 Å². The number of methoxy groups -OCH3 is 1. The van der Waals surface area contributed by atoms with E-state index in [2.05, 4.69) is 5.73 Å². The number of carbonyl (C=O) groups excluding carboxylic acids is 5. The van der Waals surface area contributed by atoms with Crippen molar-refractivity contribution in [2.24, 2.45) is 0 Å².